The smallest absolute Gasteiger partial charge is 0.0713 e. The van der Waals surface area contributed by atoms with Crippen molar-refractivity contribution >= 4 is 11.8 Å². The fourth-order valence-electron chi connectivity index (χ4n) is 2.26. The Balaban J connectivity index is 1.95. The molecule has 0 aromatic rings. The quantitative estimate of drug-likeness (QED) is 0.490. The SMILES string of the molecule is NNC1CCOC2(CCSCC2)C1. The molecule has 1 spiro atoms. The number of nitrogens with one attached hydrogen (secondary N) is 1. The van der Waals surface area contributed by atoms with Crippen LogP contribution in [0.4, 0.5) is 0 Å². The van der Waals surface area contributed by atoms with Crippen LogP contribution in [0.2, 0.25) is 0 Å². The summed E-state index contributed by atoms with van der Waals surface area (Å²) < 4.78 is 5.93. The average Bonchev–Trinajstić information content (AvgIpc) is 2.19. The van der Waals surface area contributed by atoms with Crippen molar-refractivity contribution in [1.29, 1.82) is 0 Å². The first-order chi connectivity index (χ1) is 6.35. The van der Waals surface area contributed by atoms with E-state index in [9.17, 15) is 0 Å². The molecule has 0 bridgehead atoms. The van der Waals surface area contributed by atoms with Crippen LogP contribution in [0.3, 0.4) is 0 Å². The summed E-state index contributed by atoms with van der Waals surface area (Å²) in [6, 6.07) is 0.469. The van der Waals surface area contributed by atoms with Crippen LogP contribution in [-0.2, 0) is 4.74 Å². The number of hydrazine groups is 1. The van der Waals surface area contributed by atoms with Crippen molar-refractivity contribution in [3.05, 3.63) is 0 Å². The molecule has 0 saturated carbocycles. The van der Waals surface area contributed by atoms with Gasteiger partial charge in [0.2, 0.25) is 0 Å². The third-order valence-corrected chi connectivity index (χ3v) is 4.12. The molecule has 0 radical (unpaired) electrons. The van der Waals surface area contributed by atoms with E-state index in [0.717, 1.165) is 19.4 Å². The highest BCUT2D eigenvalue weighted by Gasteiger charge is 2.38. The van der Waals surface area contributed by atoms with Crippen molar-refractivity contribution in [3.8, 4) is 0 Å². The zero-order chi connectivity index (χ0) is 9.15. The standard InChI is InChI=1S/C9H18N2OS/c10-11-8-1-4-12-9(7-8)2-5-13-6-3-9/h8,11H,1-7,10H2. The van der Waals surface area contributed by atoms with Gasteiger partial charge in [0.25, 0.3) is 0 Å². The van der Waals surface area contributed by atoms with Gasteiger partial charge in [-0.3, -0.25) is 11.3 Å². The van der Waals surface area contributed by atoms with Gasteiger partial charge in [-0.15, -0.1) is 0 Å². The summed E-state index contributed by atoms with van der Waals surface area (Å²) in [6.45, 7) is 0.875. The van der Waals surface area contributed by atoms with Crippen molar-refractivity contribution in [2.75, 3.05) is 18.1 Å². The minimum atomic E-state index is 0.167. The van der Waals surface area contributed by atoms with Crippen LogP contribution in [0.15, 0.2) is 0 Å². The van der Waals surface area contributed by atoms with Gasteiger partial charge < -0.3 is 4.74 Å². The van der Waals surface area contributed by atoms with Crippen LogP contribution in [0.1, 0.15) is 25.7 Å². The summed E-state index contributed by atoms with van der Waals surface area (Å²) in [5, 5.41) is 0. The molecule has 2 aliphatic heterocycles. The van der Waals surface area contributed by atoms with Gasteiger partial charge in [0, 0.05) is 12.6 Å². The lowest BCUT2D eigenvalue weighted by atomic mass is 9.86. The molecule has 0 aliphatic carbocycles. The second kappa shape index (κ2) is 4.17. The third kappa shape index (κ3) is 2.18. The Kier molecular flexibility index (Phi) is 3.14. The van der Waals surface area contributed by atoms with E-state index in [0.29, 0.717) is 6.04 Å². The zero-order valence-electron chi connectivity index (χ0n) is 7.92. The lowest BCUT2D eigenvalue weighted by Gasteiger charge is -2.43. The molecular formula is C9H18N2OS. The van der Waals surface area contributed by atoms with E-state index in [4.69, 9.17) is 10.6 Å². The molecule has 13 heavy (non-hydrogen) atoms. The third-order valence-electron chi connectivity index (χ3n) is 3.13. The maximum atomic E-state index is 5.93. The number of hydrogen-bond donors (Lipinski definition) is 2. The molecule has 0 amide bonds. The summed E-state index contributed by atoms with van der Waals surface area (Å²) in [5.41, 5.74) is 3.06. The summed E-state index contributed by atoms with van der Waals surface area (Å²) >= 11 is 2.04. The zero-order valence-corrected chi connectivity index (χ0v) is 8.74. The predicted octanol–water partition coefficient (Wildman–Crippen LogP) is 0.894. The second-order valence-corrected chi connectivity index (χ2v) is 5.22. The van der Waals surface area contributed by atoms with E-state index in [1.807, 2.05) is 11.8 Å². The summed E-state index contributed by atoms with van der Waals surface area (Å²) in [5.74, 6) is 7.98. The molecular weight excluding hydrogens is 184 g/mol. The van der Waals surface area contributed by atoms with Crippen LogP contribution in [0, 0.1) is 0 Å². The largest absolute Gasteiger partial charge is 0.375 e. The van der Waals surface area contributed by atoms with Crippen LogP contribution in [-0.4, -0.2) is 29.8 Å². The lowest BCUT2D eigenvalue weighted by Crippen LogP contribution is -2.50. The fourth-order valence-corrected chi connectivity index (χ4v) is 3.50. The van der Waals surface area contributed by atoms with E-state index in [1.165, 1.54) is 24.3 Å². The minimum absolute atomic E-state index is 0.167. The molecule has 2 heterocycles. The van der Waals surface area contributed by atoms with Crippen molar-refractivity contribution < 1.29 is 4.74 Å². The molecule has 1 atom stereocenters. The van der Waals surface area contributed by atoms with Crippen LogP contribution in [0.5, 0.6) is 0 Å². The van der Waals surface area contributed by atoms with E-state index in [1.54, 1.807) is 0 Å². The van der Waals surface area contributed by atoms with Gasteiger partial charge in [-0.25, -0.2) is 0 Å². The lowest BCUT2D eigenvalue weighted by molar-refractivity contribution is -0.0931. The Hall–Kier alpha value is 0.230. The molecule has 0 aromatic heterocycles. The monoisotopic (exact) mass is 202 g/mol. The molecule has 2 fully saturated rings. The van der Waals surface area contributed by atoms with Crippen LogP contribution >= 0.6 is 11.8 Å². The highest BCUT2D eigenvalue weighted by molar-refractivity contribution is 7.99. The summed E-state index contributed by atoms with van der Waals surface area (Å²) in [4.78, 5) is 0. The number of ether oxygens (including phenoxy) is 1. The first-order valence-corrected chi connectivity index (χ1v) is 6.18. The van der Waals surface area contributed by atoms with Gasteiger partial charge >= 0.3 is 0 Å². The van der Waals surface area contributed by atoms with Crippen molar-refractivity contribution in [2.24, 2.45) is 5.84 Å². The van der Waals surface area contributed by atoms with Gasteiger partial charge in [0.05, 0.1) is 5.60 Å². The maximum absolute atomic E-state index is 5.93. The second-order valence-electron chi connectivity index (χ2n) is 4.00. The van der Waals surface area contributed by atoms with Gasteiger partial charge in [0.1, 0.15) is 0 Å². The van der Waals surface area contributed by atoms with Crippen molar-refractivity contribution in [3.63, 3.8) is 0 Å². The average molecular weight is 202 g/mol. The molecule has 4 heteroatoms. The first-order valence-electron chi connectivity index (χ1n) is 5.02. The van der Waals surface area contributed by atoms with E-state index < -0.39 is 0 Å². The molecule has 0 aromatic carbocycles. The number of hydrogen-bond acceptors (Lipinski definition) is 4. The fraction of sp³-hybridized carbons (Fsp3) is 1.00. The Morgan fingerprint density at radius 2 is 2.15 bits per heavy atom. The highest BCUT2D eigenvalue weighted by Crippen LogP contribution is 2.37. The Labute approximate surface area is 83.7 Å². The summed E-state index contributed by atoms with van der Waals surface area (Å²) in [7, 11) is 0. The number of rotatable bonds is 1. The van der Waals surface area contributed by atoms with Crippen LogP contribution in [0.25, 0.3) is 0 Å². The van der Waals surface area contributed by atoms with Gasteiger partial charge in [-0.1, -0.05) is 0 Å². The van der Waals surface area contributed by atoms with Crippen molar-refractivity contribution in [1.82, 2.24) is 5.43 Å². The van der Waals surface area contributed by atoms with E-state index in [2.05, 4.69) is 5.43 Å². The normalized spacial score (nSPS) is 33.5. The Morgan fingerprint density at radius 1 is 1.38 bits per heavy atom. The van der Waals surface area contributed by atoms with E-state index >= 15 is 0 Å². The maximum Gasteiger partial charge on any atom is 0.0713 e. The number of thioether (sulfide) groups is 1. The Bertz CT molecular complexity index is 165. The summed E-state index contributed by atoms with van der Waals surface area (Å²) in [6.07, 6.45) is 4.57. The molecule has 2 saturated heterocycles. The van der Waals surface area contributed by atoms with Crippen molar-refractivity contribution in [2.45, 2.75) is 37.3 Å². The predicted molar refractivity (Wildman–Crippen MR) is 55.6 cm³/mol. The minimum Gasteiger partial charge on any atom is -0.375 e. The first kappa shape index (κ1) is 9.77. The molecule has 2 rings (SSSR count). The molecule has 2 aliphatic rings. The topological polar surface area (TPSA) is 47.3 Å². The molecule has 3 nitrogen and oxygen atoms in total. The molecule has 76 valence electrons. The van der Waals surface area contributed by atoms with E-state index in [-0.39, 0.29) is 5.60 Å². The molecule has 3 N–H and O–H groups in total. The van der Waals surface area contributed by atoms with Gasteiger partial charge in [-0.05, 0) is 37.2 Å². The van der Waals surface area contributed by atoms with Gasteiger partial charge in [-0.2, -0.15) is 11.8 Å². The Morgan fingerprint density at radius 3 is 2.85 bits per heavy atom. The highest BCUT2D eigenvalue weighted by atomic mass is 32.2. The van der Waals surface area contributed by atoms with Gasteiger partial charge in [0.15, 0.2) is 0 Å². The van der Waals surface area contributed by atoms with Crippen LogP contribution < -0.4 is 11.3 Å². The number of nitrogens with two attached hydrogens (primary N) is 1. The molecule has 1 unspecified atom stereocenters.